The lowest BCUT2D eigenvalue weighted by molar-refractivity contribution is -0.137. The monoisotopic (exact) mass is 278 g/mol. The van der Waals surface area contributed by atoms with Crippen molar-refractivity contribution in [3.63, 3.8) is 0 Å². The Hall–Kier alpha value is -2.37. The predicted molar refractivity (Wildman–Crippen MR) is 72.1 cm³/mol. The van der Waals surface area contributed by atoms with Gasteiger partial charge in [0.15, 0.2) is 0 Å². The minimum atomic E-state index is -0.839. The maximum atomic E-state index is 13.0. The van der Waals surface area contributed by atoms with Gasteiger partial charge < -0.3 is 15.4 Å². The van der Waals surface area contributed by atoms with Gasteiger partial charge in [-0.3, -0.25) is 9.59 Å². The van der Waals surface area contributed by atoms with E-state index in [1.807, 2.05) is 0 Å². The smallest absolute Gasteiger partial charge is 0.303 e. The number of H-pyrrole nitrogens is 1. The lowest BCUT2D eigenvalue weighted by atomic mass is 10.2. The normalized spacial score (nSPS) is 10.7. The Morgan fingerprint density at radius 3 is 2.80 bits per heavy atom. The molecule has 0 aliphatic rings. The van der Waals surface area contributed by atoms with Crippen LogP contribution in [0, 0.1) is 5.82 Å². The lowest BCUT2D eigenvalue weighted by Crippen LogP contribution is -2.24. The molecule has 1 aromatic carbocycles. The highest BCUT2D eigenvalue weighted by molar-refractivity contribution is 5.97. The Labute approximate surface area is 114 Å². The Balaban J connectivity index is 1.89. The molecule has 1 heterocycles. The van der Waals surface area contributed by atoms with Crippen molar-refractivity contribution in [2.75, 3.05) is 6.54 Å². The SMILES string of the molecule is O=C(O)CCCCNC(=O)c1cc2cc(F)ccc2[nH]1. The van der Waals surface area contributed by atoms with Crippen LogP contribution in [0.15, 0.2) is 24.3 Å². The zero-order valence-corrected chi connectivity index (χ0v) is 10.8. The van der Waals surface area contributed by atoms with E-state index in [2.05, 4.69) is 10.3 Å². The molecule has 1 aromatic heterocycles. The van der Waals surface area contributed by atoms with Crippen LogP contribution in [-0.4, -0.2) is 28.5 Å². The largest absolute Gasteiger partial charge is 0.481 e. The molecule has 2 rings (SSSR count). The number of carbonyl (C=O) groups is 2. The van der Waals surface area contributed by atoms with E-state index in [1.165, 1.54) is 12.1 Å². The van der Waals surface area contributed by atoms with Gasteiger partial charge in [0, 0.05) is 23.9 Å². The lowest BCUT2D eigenvalue weighted by Gasteiger charge is -2.02. The van der Waals surface area contributed by atoms with Crippen molar-refractivity contribution in [2.45, 2.75) is 19.3 Å². The van der Waals surface area contributed by atoms with Crippen molar-refractivity contribution in [2.24, 2.45) is 0 Å². The van der Waals surface area contributed by atoms with Gasteiger partial charge >= 0.3 is 5.97 Å². The second-order valence-corrected chi connectivity index (χ2v) is 4.52. The summed E-state index contributed by atoms with van der Waals surface area (Å²) in [6, 6.07) is 5.85. The molecule has 2 aromatic rings. The highest BCUT2D eigenvalue weighted by Gasteiger charge is 2.09. The average molecular weight is 278 g/mol. The first-order valence-corrected chi connectivity index (χ1v) is 6.34. The minimum absolute atomic E-state index is 0.0987. The minimum Gasteiger partial charge on any atom is -0.481 e. The Morgan fingerprint density at radius 2 is 2.05 bits per heavy atom. The molecular weight excluding hydrogens is 263 g/mol. The summed E-state index contributed by atoms with van der Waals surface area (Å²) >= 11 is 0. The molecule has 0 fully saturated rings. The van der Waals surface area contributed by atoms with Crippen LogP contribution < -0.4 is 5.32 Å². The number of hydrogen-bond donors (Lipinski definition) is 3. The number of unbranched alkanes of at least 4 members (excludes halogenated alkanes) is 1. The molecule has 1 amide bonds. The van der Waals surface area contributed by atoms with Crippen molar-refractivity contribution in [3.8, 4) is 0 Å². The summed E-state index contributed by atoms with van der Waals surface area (Å²) in [4.78, 5) is 25.1. The summed E-state index contributed by atoms with van der Waals surface area (Å²) in [5.74, 6) is -1.47. The van der Waals surface area contributed by atoms with Crippen molar-refractivity contribution in [1.29, 1.82) is 0 Å². The fourth-order valence-corrected chi connectivity index (χ4v) is 1.92. The van der Waals surface area contributed by atoms with Crippen LogP contribution >= 0.6 is 0 Å². The fraction of sp³-hybridized carbons (Fsp3) is 0.286. The van der Waals surface area contributed by atoms with Crippen molar-refractivity contribution in [3.05, 3.63) is 35.8 Å². The quantitative estimate of drug-likeness (QED) is 0.709. The number of aromatic amines is 1. The molecule has 0 bridgehead atoms. The van der Waals surface area contributed by atoms with Crippen molar-refractivity contribution in [1.82, 2.24) is 10.3 Å². The van der Waals surface area contributed by atoms with E-state index in [-0.39, 0.29) is 18.1 Å². The maximum absolute atomic E-state index is 13.0. The predicted octanol–water partition coefficient (Wildman–Crippen LogP) is 2.29. The second-order valence-electron chi connectivity index (χ2n) is 4.52. The van der Waals surface area contributed by atoms with E-state index in [9.17, 15) is 14.0 Å². The first-order chi connectivity index (χ1) is 9.56. The number of hydrogen-bond acceptors (Lipinski definition) is 2. The molecule has 3 N–H and O–H groups in total. The molecule has 0 spiro atoms. The maximum Gasteiger partial charge on any atom is 0.303 e. The number of aliphatic carboxylic acids is 1. The van der Waals surface area contributed by atoms with Crippen LogP contribution in [0.2, 0.25) is 0 Å². The Morgan fingerprint density at radius 1 is 1.25 bits per heavy atom. The summed E-state index contributed by atoms with van der Waals surface area (Å²) < 4.78 is 13.0. The van der Waals surface area contributed by atoms with E-state index in [1.54, 1.807) is 12.1 Å². The molecule has 0 saturated carbocycles. The molecule has 0 atom stereocenters. The highest BCUT2D eigenvalue weighted by Crippen LogP contribution is 2.16. The molecular formula is C14H15FN2O3. The molecule has 5 nitrogen and oxygen atoms in total. The van der Waals surface area contributed by atoms with Gasteiger partial charge in [0.2, 0.25) is 0 Å². The van der Waals surface area contributed by atoms with Gasteiger partial charge in [0.25, 0.3) is 5.91 Å². The van der Waals surface area contributed by atoms with E-state index in [0.717, 1.165) is 0 Å². The fourth-order valence-electron chi connectivity index (χ4n) is 1.92. The first-order valence-electron chi connectivity index (χ1n) is 6.34. The number of benzene rings is 1. The van der Waals surface area contributed by atoms with Gasteiger partial charge in [0.1, 0.15) is 11.5 Å². The highest BCUT2D eigenvalue weighted by atomic mass is 19.1. The third-order valence-corrected chi connectivity index (χ3v) is 2.93. The summed E-state index contributed by atoms with van der Waals surface area (Å²) in [5.41, 5.74) is 1.06. The van der Waals surface area contributed by atoms with E-state index in [0.29, 0.717) is 36.0 Å². The van der Waals surface area contributed by atoms with Crippen LogP contribution in [-0.2, 0) is 4.79 Å². The standard InChI is InChI=1S/C14H15FN2O3/c15-10-4-5-11-9(7-10)8-12(17-11)14(20)16-6-2-1-3-13(18)19/h4-5,7-8,17H,1-3,6H2,(H,16,20)(H,18,19). The van der Waals surface area contributed by atoms with Crippen LogP contribution in [0.4, 0.5) is 4.39 Å². The molecule has 0 aliphatic heterocycles. The van der Waals surface area contributed by atoms with Crippen LogP contribution in [0.5, 0.6) is 0 Å². The molecule has 6 heteroatoms. The Bertz CT molecular complexity index is 636. The number of halogens is 1. The number of fused-ring (bicyclic) bond motifs is 1. The van der Waals surface area contributed by atoms with Gasteiger partial charge in [-0.05, 0) is 37.1 Å². The van der Waals surface area contributed by atoms with E-state index in [4.69, 9.17) is 5.11 Å². The van der Waals surface area contributed by atoms with Crippen LogP contribution in [0.3, 0.4) is 0 Å². The number of carboxylic acids is 1. The molecule has 0 radical (unpaired) electrons. The summed E-state index contributed by atoms with van der Waals surface area (Å²) in [6.45, 7) is 0.413. The van der Waals surface area contributed by atoms with Gasteiger partial charge in [0.05, 0.1) is 0 Å². The Kier molecular flexibility index (Phi) is 4.34. The topological polar surface area (TPSA) is 82.2 Å². The summed E-state index contributed by atoms with van der Waals surface area (Å²) in [5, 5.41) is 11.8. The van der Waals surface area contributed by atoms with Crippen LogP contribution in [0.1, 0.15) is 29.8 Å². The third-order valence-electron chi connectivity index (χ3n) is 2.93. The number of nitrogens with one attached hydrogen (secondary N) is 2. The van der Waals surface area contributed by atoms with E-state index >= 15 is 0 Å². The van der Waals surface area contributed by atoms with Gasteiger partial charge in [-0.2, -0.15) is 0 Å². The molecule has 0 saturated heterocycles. The molecule has 0 unspecified atom stereocenters. The number of rotatable bonds is 6. The molecule has 106 valence electrons. The van der Waals surface area contributed by atoms with Crippen molar-refractivity contribution >= 4 is 22.8 Å². The summed E-state index contributed by atoms with van der Waals surface area (Å²) in [6.07, 6.45) is 1.22. The zero-order chi connectivity index (χ0) is 14.5. The second kappa shape index (κ2) is 6.18. The number of carboxylic acid groups (broad SMARTS) is 1. The van der Waals surface area contributed by atoms with Gasteiger partial charge in [-0.25, -0.2) is 4.39 Å². The number of carbonyl (C=O) groups excluding carboxylic acids is 1. The van der Waals surface area contributed by atoms with Crippen LogP contribution in [0.25, 0.3) is 10.9 Å². The first kappa shape index (κ1) is 14.0. The molecule has 0 aliphatic carbocycles. The number of amides is 1. The van der Waals surface area contributed by atoms with Gasteiger partial charge in [-0.1, -0.05) is 0 Å². The zero-order valence-electron chi connectivity index (χ0n) is 10.8. The van der Waals surface area contributed by atoms with E-state index < -0.39 is 5.97 Å². The average Bonchev–Trinajstić information content (AvgIpc) is 2.80. The van der Waals surface area contributed by atoms with Gasteiger partial charge in [-0.15, -0.1) is 0 Å². The summed E-state index contributed by atoms with van der Waals surface area (Å²) in [7, 11) is 0. The number of aromatic nitrogens is 1. The molecule has 20 heavy (non-hydrogen) atoms. The van der Waals surface area contributed by atoms with Crippen molar-refractivity contribution < 1.29 is 19.1 Å². The third kappa shape index (κ3) is 3.57.